The Kier molecular flexibility index (Phi) is 3.12. The molecule has 1 unspecified atom stereocenters. The molecule has 0 radical (unpaired) electrons. The van der Waals surface area contributed by atoms with Crippen LogP contribution in [0.5, 0.6) is 0 Å². The zero-order chi connectivity index (χ0) is 10.7. The number of ether oxygens (including phenoxy) is 1. The van der Waals surface area contributed by atoms with Crippen molar-refractivity contribution in [1.82, 2.24) is 5.32 Å². The molecule has 1 aliphatic heterocycles. The third-order valence-electron chi connectivity index (χ3n) is 2.87. The normalized spacial score (nSPS) is 25.3. The maximum Gasteiger partial charge on any atom is 0.0947 e. The zero-order valence-corrected chi connectivity index (χ0v) is 9.45. The lowest BCUT2D eigenvalue weighted by atomic mass is 9.94. The molecule has 0 bridgehead atoms. The standard InChI is InChI=1S/C12H19NO2/c1-12(2)7-11(4-6-15-12)13-8-10-3-5-14-9-10/h3,5,9,11,13H,4,6-8H2,1-2H3. The zero-order valence-electron chi connectivity index (χ0n) is 9.45. The third-order valence-corrected chi connectivity index (χ3v) is 2.87. The monoisotopic (exact) mass is 209 g/mol. The Morgan fingerprint density at radius 2 is 2.40 bits per heavy atom. The lowest BCUT2D eigenvalue weighted by Crippen LogP contribution is -2.43. The van der Waals surface area contributed by atoms with Gasteiger partial charge in [0.25, 0.3) is 0 Å². The smallest absolute Gasteiger partial charge is 0.0947 e. The molecule has 1 aromatic rings. The highest BCUT2D eigenvalue weighted by atomic mass is 16.5. The van der Waals surface area contributed by atoms with E-state index < -0.39 is 0 Å². The molecule has 3 heteroatoms. The van der Waals surface area contributed by atoms with E-state index in [1.54, 1.807) is 12.5 Å². The van der Waals surface area contributed by atoms with E-state index in [0.717, 1.165) is 26.0 Å². The van der Waals surface area contributed by atoms with Gasteiger partial charge in [-0.25, -0.2) is 0 Å². The molecule has 1 atom stereocenters. The van der Waals surface area contributed by atoms with Crippen LogP contribution in [0.1, 0.15) is 32.3 Å². The summed E-state index contributed by atoms with van der Waals surface area (Å²) in [6, 6.07) is 2.56. The predicted octanol–water partition coefficient (Wildman–Crippen LogP) is 2.33. The lowest BCUT2D eigenvalue weighted by molar-refractivity contribution is -0.0630. The molecule has 3 nitrogen and oxygen atoms in total. The van der Waals surface area contributed by atoms with Crippen LogP contribution in [-0.2, 0) is 11.3 Å². The van der Waals surface area contributed by atoms with E-state index in [-0.39, 0.29) is 5.60 Å². The van der Waals surface area contributed by atoms with E-state index in [9.17, 15) is 0 Å². The molecule has 0 amide bonds. The van der Waals surface area contributed by atoms with Crippen LogP contribution in [0.3, 0.4) is 0 Å². The fourth-order valence-corrected chi connectivity index (χ4v) is 2.06. The average Bonchev–Trinajstić information content (AvgIpc) is 2.65. The van der Waals surface area contributed by atoms with E-state index in [2.05, 4.69) is 19.2 Å². The van der Waals surface area contributed by atoms with Crippen molar-refractivity contribution in [3.63, 3.8) is 0 Å². The first-order valence-electron chi connectivity index (χ1n) is 5.54. The number of hydrogen-bond acceptors (Lipinski definition) is 3. The van der Waals surface area contributed by atoms with Gasteiger partial charge < -0.3 is 14.5 Å². The second kappa shape index (κ2) is 4.37. The Morgan fingerprint density at radius 1 is 1.53 bits per heavy atom. The summed E-state index contributed by atoms with van der Waals surface area (Å²) in [5, 5.41) is 3.54. The molecular weight excluding hydrogens is 190 g/mol. The van der Waals surface area contributed by atoms with E-state index in [0.29, 0.717) is 6.04 Å². The summed E-state index contributed by atoms with van der Waals surface area (Å²) < 4.78 is 10.7. The summed E-state index contributed by atoms with van der Waals surface area (Å²) in [5.74, 6) is 0. The van der Waals surface area contributed by atoms with Crippen molar-refractivity contribution in [3.8, 4) is 0 Å². The molecule has 0 aliphatic carbocycles. The van der Waals surface area contributed by atoms with Gasteiger partial charge in [0, 0.05) is 24.8 Å². The molecule has 0 spiro atoms. The third kappa shape index (κ3) is 3.08. The molecule has 0 saturated carbocycles. The van der Waals surface area contributed by atoms with E-state index in [4.69, 9.17) is 9.15 Å². The van der Waals surface area contributed by atoms with Gasteiger partial charge in [-0.15, -0.1) is 0 Å². The number of nitrogens with one attached hydrogen (secondary N) is 1. The van der Waals surface area contributed by atoms with Crippen LogP contribution in [0.4, 0.5) is 0 Å². The van der Waals surface area contributed by atoms with Gasteiger partial charge in [0.2, 0.25) is 0 Å². The lowest BCUT2D eigenvalue weighted by Gasteiger charge is -2.35. The summed E-state index contributed by atoms with van der Waals surface area (Å²) in [6.07, 6.45) is 5.68. The highest BCUT2D eigenvalue weighted by Crippen LogP contribution is 2.24. The first-order valence-corrected chi connectivity index (χ1v) is 5.54. The maximum atomic E-state index is 5.67. The Morgan fingerprint density at radius 3 is 3.07 bits per heavy atom. The molecular formula is C12H19NO2. The molecule has 2 heterocycles. The van der Waals surface area contributed by atoms with Gasteiger partial charge in [-0.1, -0.05) is 0 Å². The first-order chi connectivity index (χ1) is 7.16. The summed E-state index contributed by atoms with van der Waals surface area (Å²) in [5.41, 5.74) is 1.23. The van der Waals surface area contributed by atoms with Gasteiger partial charge in [-0.2, -0.15) is 0 Å². The van der Waals surface area contributed by atoms with E-state index in [1.165, 1.54) is 5.56 Å². The van der Waals surface area contributed by atoms with Crippen LogP contribution in [-0.4, -0.2) is 18.2 Å². The molecule has 1 aromatic heterocycles. The Balaban J connectivity index is 1.80. The van der Waals surface area contributed by atoms with Crippen molar-refractivity contribution in [2.45, 2.75) is 44.9 Å². The van der Waals surface area contributed by atoms with Crippen LogP contribution in [0, 0.1) is 0 Å². The minimum Gasteiger partial charge on any atom is -0.472 e. The molecule has 0 aromatic carbocycles. The van der Waals surface area contributed by atoms with Crippen LogP contribution in [0.15, 0.2) is 23.0 Å². The first kappa shape index (κ1) is 10.7. The number of hydrogen-bond donors (Lipinski definition) is 1. The van der Waals surface area contributed by atoms with Crippen molar-refractivity contribution in [2.24, 2.45) is 0 Å². The molecule has 1 N–H and O–H groups in total. The summed E-state index contributed by atoms with van der Waals surface area (Å²) in [7, 11) is 0. The molecule has 1 fully saturated rings. The minimum atomic E-state index is 0.0202. The van der Waals surface area contributed by atoms with Crippen molar-refractivity contribution in [1.29, 1.82) is 0 Å². The fourth-order valence-electron chi connectivity index (χ4n) is 2.06. The van der Waals surface area contributed by atoms with Crippen LogP contribution >= 0.6 is 0 Å². The predicted molar refractivity (Wildman–Crippen MR) is 58.6 cm³/mol. The molecule has 1 saturated heterocycles. The number of rotatable bonds is 3. The minimum absolute atomic E-state index is 0.0202. The van der Waals surface area contributed by atoms with Gasteiger partial charge in [0.05, 0.1) is 18.1 Å². The Hall–Kier alpha value is -0.800. The highest BCUT2D eigenvalue weighted by Gasteiger charge is 2.28. The van der Waals surface area contributed by atoms with Gasteiger partial charge in [-0.05, 0) is 32.8 Å². The van der Waals surface area contributed by atoms with Crippen molar-refractivity contribution in [3.05, 3.63) is 24.2 Å². The van der Waals surface area contributed by atoms with Crippen LogP contribution < -0.4 is 5.32 Å². The fraction of sp³-hybridized carbons (Fsp3) is 0.667. The van der Waals surface area contributed by atoms with Crippen molar-refractivity contribution >= 4 is 0 Å². The van der Waals surface area contributed by atoms with Crippen molar-refractivity contribution < 1.29 is 9.15 Å². The van der Waals surface area contributed by atoms with Gasteiger partial charge in [0.15, 0.2) is 0 Å². The quantitative estimate of drug-likeness (QED) is 0.829. The van der Waals surface area contributed by atoms with Gasteiger partial charge >= 0.3 is 0 Å². The molecule has 15 heavy (non-hydrogen) atoms. The molecule has 1 aliphatic rings. The molecule has 2 rings (SSSR count). The molecule has 84 valence electrons. The van der Waals surface area contributed by atoms with E-state index in [1.807, 2.05) is 6.07 Å². The second-order valence-electron chi connectivity index (χ2n) is 4.81. The topological polar surface area (TPSA) is 34.4 Å². The summed E-state index contributed by atoms with van der Waals surface area (Å²) in [6.45, 7) is 6.05. The SMILES string of the molecule is CC1(C)CC(NCc2ccoc2)CCO1. The van der Waals surface area contributed by atoms with Gasteiger partial charge in [-0.3, -0.25) is 0 Å². The number of furan rings is 1. The maximum absolute atomic E-state index is 5.67. The van der Waals surface area contributed by atoms with E-state index >= 15 is 0 Å². The Bertz CT molecular complexity index is 293. The average molecular weight is 209 g/mol. The summed E-state index contributed by atoms with van der Waals surface area (Å²) >= 11 is 0. The Labute approximate surface area is 90.8 Å². The van der Waals surface area contributed by atoms with Crippen LogP contribution in [0.2, 0.25) is 0 Å². The van der Waals surface area contributed by atoms with Crippen LogP contribution in [0.25, 0.3) is 0 Å². The van der Waals surface area contributed by atoms with Crippen molar-refractivity contribution in [2.75, 3.05) is 6.61 Å². The largest absolute Gasteiger partial charge is 0.472 e. The highest BCUT2D eigenvalue weighted by molar-refractivity contribution is 5.04. The van der Waals surface area contributed by atoms with Gasteiger partial charge in [0.1, 0.15) is 0 Å². The summed E-state index contributed by atoms with van der Waals surface area (Å²) in [4.78, 5) is 0. The second-order valence-corrected chi connectivity index (χ2v) is 4.81.